The summed E-state index contributed by atoms with van der Waals surface area (Å²) in [6, 6.07) is 17.7. The average molecular weight is 344 g/mol. The Labute approximate surface area is 131 Å². The van der Waals surface area contributed by atoms with Crippen molar-refractivity contribution in [3.8, 4) is 17.0 Å². The summed E-state index contributed by atoms with van der Waals surface area (Å²) in [5.74, 6) is 1.61. The lowest BCUT2D eigenvalue weighted by molar-refractivity contribution is 0.415. The Hall–Kier alpha value is -2.27. The van der Waals surface area contributed by atoms with E-state index >= 15 is 0 Å². The first kappa shape index (κ1) is 13.7. The molecule has 21 heavy (non-hydrogen) atoms. The fourth-order valence-electron chi connectivity index (χ4n) is 2.00. The molecule has 0 fully saturated rings. The number of H-pyrrole nitrogens is 1. The molecule has 2 aromatic carbocycles. The van der Waals surface area contributed by atoms with Gasteiger partial charge in [-0.2, -0.15) is 5.10 Å². The van der Waals surface area contributed by atoms with Gasteiger partial charge < -0.3 is 10.1 Å². The molecule has 0 amide bonds. The van der Waals surface area contributed by atoms with Crippen molar-refractivity contribution in [1.82, 2.24) is 10.2 Å². The van der Waals surface area contributed by atoms with E-state index in [9.17, 15) is 0 Å². The summed E-state index contributed by atoms with van der Waals surface area (Å²) < 4.78 is 6.16. The van der Waals surface area contributed by atoms with Gasteiger partial charge in [0.25, 0.3) is 0 Å². The van der Waals surface area contributed by atoms with Crippen LogP contribution in [0.25, 0.3) is 11.3 Å². The molecule has 5 heteroatoms. The van der Waals surface area contributed by atoms with Crippen molar-refractivity contribution in [1.29, 1.82) is 0 Å². The maximum Gasteiger partial charge on any atom is 0.152 e. The third-order valence-electron chi connectivity index (χ3n) is 3.12. The number of hydrogen-bond donors (Lipinski definition) is 2. The van der Waals surface area contributed by atoms with Crippen molar-refractivity contribution < 1.29 is 4.74 Å². The molecular formula is C16H14BrN3O. The monoisotopic (exact) mass is 343 g/mol. The molecule has 3 aromatic rings. The number of benzene rings is 2. The van der Waals surface area contributed by atoms with Gasteiger partial charge in [0, 0.05) is 10.5 Å². The number of aromatic amines is 1. The number of ether oxygens (including phenoxy) is 1. The van der Waals surface area contributed by atoms with Crippen LogP contribution in [-0.2, 0) is 0 Å². The van der Waals surface area contributed by atoms with Crippen LogP contribution in [0.4, 0.5) is 11.5 Å². The van der Waals surface area contributed by atoms with E-state index in [4.69, 9.17) is 4.74 Å². The first-order valence-corrected chi connectivity index (χ1v) is 7.27. The summed E-state index contributed by atoms with van der Waals surface area (Å²) in [5, 5.41) is 10.6. The molecule has 4 nitrogen and oxygen atoms in total. The van der Waals surface area contributed by atoms with E-state index in [1.807, 2.05) is 54.6 Å². The van der Waals surface area contributed by atoms with Gasteiger partial charge in [-0.25, -0.2) is 0 Å². The summed E-state index contributed by atoms with van der Waals surface area (Å²) >= 11 is 3.51. The third kappa shape index (κ3) is 3.08. The summed E-state index contributed by atoms with van der Waals surface area (Å²) in [4.78, 5) is 0. The number of aromatic nitrogens is 2. The highest BCUT2D eigenvalue weighted by atomic mass is 79.9. The molecule has 2 N–H and O–H groups in total. The van der Waals surface area contributed by atoms with E-state index in [1.54, 1.807) is 7.11 Å². The summed E-state index contributed by atoms with van der Waals surface area (Å²) in [5.41, 5.74) is 2.99. The quantitative estimate of drug-likeness (QED) is 0.728. The van der Waals surface area contributed by atoms with Crippen LogP contribution in [0.2, 0.25) is 0 Å². The van der Waals surface area contributed by atoms with Crippen LogP contribution in [0.1, 0.15) is 0 Å². The second-order valence-electron chi connectivity index (χ2n) is 4.50. The maximum atomic E-state index is 5.16. The number of nitrogens with zero attached hydrogens (tertiary/aromatic N) is 1. The minimum absolute atomic E-state index is 0.771. The predicted molar refractivity (Wildman–Crippen MR) is 88.0 cm³/mol. The third-order valence-corrected chi connectivity index (χ3v) is 3.81. The highest BCUT2D eigenvalue weighted by Crippen LogP contribution is 2.27. The lowest BCUT2D eigenvalue weighted by Crippen LogP contribution is -1.90. The highest BCUT2D eigenvalue weighted by Gasteiger charge is 2.05. The van der Waals surface area contributed by atoms with Crippen molar-refractivity contribution in [2.24, 2.45) is 0 Å². The smallest absolute Gasteiger partial charge is 0.152 e. The zero-order valence-electron chi connectivity index (χ0n) is 11.4. The van der Waals surface area contributed by atoms with Gasteiger partial charge in [0.1, 0.15) is 5.75 Å². The second kappa shape index (κ2) is 6.01. The van der Waals surface area contributed by atoms with Crippen molar-refractivity contribution in [3.05, 3.63) is 59.1 Å². The van der Waals surface area contributed by atoms with Crippen molar-refractivity contribution in [2.75, 3.05) is 12.4 Å². The van der Waals surface area contributed by atoms with E-state index in [-0.39, 0.29) is 0 Å². The standard InChI is InChI=1S/C16H14BrN3O/c1-21-12-8-6-11(7-9-12)15-10-16(20-19-15)18-14-5-3-2-4-13(14)17/h2-10H,1H3,(H2,18,19,20). The number of anilines is 2. The lowest BCUT2D eigenvalue weighted by Gasteiger charge is -2.04. The van der Waals surface area contributed by atoms with Crippen LogP contribution in [0.5, 0.6) is 5.75 Å². The summed E-state index contributed by atoms with van der Waals surface area (Å²) in [7, 11) is 1.66. The van der Waals surface area contributed by atoms with Crippen molar-refractivity contribution in [3.63, 3.8) is 0 Å². The van der Waals surface area contributed by atoms with Crippen LogP contribution >= 0.6 is 15.9 Å². The Balaban J connectivity index is 1.81. The Morgan fingerprint density at radius 2 is 1.86 bits per heavy atom. The minimum Gasteiger partial charge on any atom is -0.497 e. The van der Waals surface area contributed by atoms with Gasteiger partial charge in [0.2, 0.25) is 0 Å². The van der Waals surface area contributed by atoms with Crippen LogP contribution in [0.3, 0.4) is 0 Å². The Morgan fingerprint density at radius 3 is 2.57 bits per heavy atom. The van der Waals surface area contributed by atoms with E-state index in [1.165, 1.54) is 0 Å². The molecule has 0 aliphatic heterocycles. The van der Waals surface area contributed by atoms with E-state index in [0.717, 1.165) is 33.0 Å². The molecule has 0 saturated heterocycles. The molecule has 1 aromatic heterocycles. The summed E-state index contributed by atoms with van der Waals surface area (Å²) in [6.45, 7) is 0. The van der Waals surface area contributed by atoms with E-state index in [2.05, 4.69) is 31.4 Å². The van der Waals surface area contributed by atoms with Gasteiger partial charge in [-0.05, 0) is 57.9 Å². The fourth-order valence-corrected chi connectivity index (χ4v) is 2.39. The van der Waals surface area contributed by atoms with Crippen LogP contribution in [-0.4, -0.2) is 17.3 Å². The molecule has 0 bridgehead atoms. The van der Waals surface area contributed by atoms with Crippen LogP contribution in [0, 0.1) is 0 Å². The molecule has 0 radical (unpaired) electrons. The van der Waals surface area contributed by atoms with Crippen LogP contribution in [0.15, 0.2) is 59.1 Å². The van der Waals surface area contributed by atoms with Crippen molar-refractivity contribution in [2.45, 2.75) is 0 Å². The van der Waals surface area contributed by atoms with E-state index < -0.39 is 0 Å². The van der Waals surface area contributed by atoms with Gasteiger partial charge in [-0.15, -0.1) is 0 Å². The molecule has 0 saturated carbocycles. The van der Waals surface area contributed by atoms with Gasteiger partial charge in [-0.3, -0.25) is 5.10 Å². The van der Waals surface area contributed by atoms with Gasteiger partial charge >= 0.3 is 0 Å². The van der Waals surface area contributed by atoms with Crippen LogP contribution < -0.4 is 10.1 Å². The zero-order chi connectivity index (χ0) is 14.7. The molecule has 0 unspecified atom stereocenters. The first-order valence-electron chi connectivity index (χ1n) is 6.47. The molecule has 1 heterocycles. The number of rotatable bonds is 4. The highest BCUT2D eigenvalue weighted by molar-refractivity contribution is 9.10. The predicted octanol–water partition coefficient (Wildman–Crippen LogP) is 4.59. The molecule has 3 rings (SSSR count). The Morgan fingerprint density at radius 1 is 1.10 bits per heavy atom. The largest absolute Gasteiger partial charge is 0.497 e. The number of halogens is 1. The molecule has 0 aliphatic carbocycles. The van der Waals surface area contributed by atoms with Gasteiger partial charge in [0.15, 0.2) is 5.82 Å². The molecule has 0 atom stereocenters. The van der Waals surface area contributed by atoms with Crippen molar-refractivity contribution >= 4 is 27.4 Å². The number of methoxy groups -OCH3 is 1. The topological polar surface area (TPSA) is 49.9 Å². The normalized spacial score (nSPS) is 10.4. The van der Waals surface area contributed by atoms with Gasteiger partial charge in [-0.1, -0.05) is 12.1 Å². The zero-order valence-corrected chi connectivity index (χ0v) is 13.0. The second-order valence-corrected chi connectivity index (χ2v) is 5.35. The Bertz CT molecular complexity index is 737. The number of hydrogen-bond acceptors (Lipinski definition) is 3. The lowest BCUT2D eigenvalue weighted by atomic mass is 10.1. The number of nitrogens with one attached hydrogen (secondary N) is 2. The van der Waals surface area contributed by atoms with E-state index in [0.29, 0.717) is 0 Å². The fraction of sp³-hybridized carbons (Fsp3) is 0.0625. The molecule has 106 valence electrons. The Kier molecular flexibility index (Phi) is 3.92. The molecule has 0 spiro atoms. The molecular weight excluding hydrogens is 330 g/mol. The minimum atomic E-state index is 0.771. The molecule has 0 aliphatic rings. The first-order chi connectivity index (χ1) is 10.3. The van der Waals surface area contributed by atoms with Gasteiger partial charge in [0.05, 0.1) is 18.5 Å². The SMILES string of the molecule is COc1ccc(-c2cc(Nc3ccccc3Br)n[nH]2)cc1. The average Bonchev–Trinajstić information content (AvgIpc) is 2.98. The summed E-state index contributed by atoms with van der Waals surface area (Å²) in [6.07, 6.45) is 0. The maximum absolute atomic E-state index is 5.16. The number of para-hydroxylation sites is 1.